The third kappa shape index (κ3) is 4.34. The van der Waals surface area contributed by atoms with Crippen LogP contribution in [0.4, 0.5) is 4.79 Å². The number of amides is 2. The number of carbonyl (C=O) groups excluding carboxylic acids is 2. The van der Waals surface area contributed by atoms with E-state index in [-0.39, 0.29) is 28.3 Å². The van der Waals surface area contributed by atoms with Crippen molar-refractivity contribution >= 4 is 58.2 Å². The highest BCUT2D eigenvalue weighted by molar-refractivity contribution is 8.18. The Kier molecular flexibility index (Phi) is 6.07. The lowest BCUT2D eigenvalue weighted by Crippen LogP contribution is -2.27. The van der Waals surface area contributed by atoms with Crippen LogP contribution in [0.15, 0.2) is 35.2 Å². The van der Waals surface area contributed by atoms with Crippen LogP contribution in [0.2, 0.25) is 10.0 Å². The van der Waals surface area contributed by atoms with Gasteiger partial charge in [-0.1, -0.05) is 29.3 Å². The largest absolute Gasteiger partial charge is 0.504 e. The van der Waals surface area contributed by atoms with E-state index in [1.165, 1.54) is 25.3 Å². The summed E-state index contributed by atoms with van der Waals surface area (Å²) in [6, 6.07) is 7.36. The lowest BCUT2D eigenvalue weighted by molar-refractivity contribution is -0.123. The molecule has 0 unspecified atom stereocenters. The van der Waals surface area contributed by atoms with Gasteiger partial charge in [0.05, 0.1) is 28.6 Å². The Labute approximate surface area is 179 Å². The van der Waals surface area contributed by atoms with Crippen molar-refractivity contribution in [3.05, 3.63) is 62.0 Å². The van der Waals surface area contributed by atoms with Crippen LogP contribution in [0.3, 0.4) is 0 Å². The zero-order valence-corrected chi connectivity index (χ0v) is 17.1. The van der Waals surface area contributed by atoms with Crippen LogP contribution in [0.1, 0.15) is 21.5 Å². The van der Waals surface area contributed by atoms with Crippen LogP contribution in [-0.4, -0.2) is 39.3 Å². The first-order valence-corrected chi connectivity index (χ1v) is 9.62. The predicted molar refractivity (Wildman–Crippen MR) is 110 cm³/mol. The van der Waals surface area contributed by atoms with Gasteiger partial charge in [0, 0.05) is 0 Å². The Hall–Kier alpha value is -2.68. The molecule has 0 spiro atoms. The summed E-state index contributed by atoms with van der Waals surface area (Å²) in [6.45, 7) is 0.0121. The molecule has 2 amide bonds. The van der Waals surface area contributed by atoms with Crippen LogP contribution in [0, 0.1) is 0 Å². The second kappa shape index (κ2) is 8.36. The summed E-state index contributed by atoms with van der Waals surface area (Å²) in [5, 5.41) is 19.3. The first kappa shape index (κ1) is 21.0. The molecule has 2 aromatic rings. The minimum absolute atomic E-state index is 0.0121. The molecule has 1 aliphatic heterocycles. The number of ether oxygens (including phenoxy) is 1. The average Bonchev–Trinajstić information content (AvgIpc) is 2.93. The number of aromatic carboxylic acids is 1. The van der Waals surface area contributed by atoms with Crippen LogP contribution < -0.4 is 4.74 Å². The van der Waals surface area contributed by atoms with Gasteiger partial charge in [0.2, 0.25) is 0 Å². The van der Waals surface area contributed by atoms with Crippen molar-refractivity contribution in [3.8, 4) is 11.5 Å². The molecule has 150 valence electrons. The Morgan fingerprint density at radius 1 is 1.21 bits per heavy atom. The van der Waals surface area contributed by atoms with Crippen molar-refractivity contribution in [1.82, 2.24) is 4.90 Å². The molecule has 0 aromatic heterocycles. The number of aromatic hydroxyl groups is 1. The van der Waals surface area contributed by atoms with Gasteiger partial charge in [-0.3, -0.25) is 14.5 Å². The first-order chi connectivity index (χ1) is 13.7. The second-order valence-corrected chi connectivity index (χ2v) is 7.75. The van der Waals surface area contributed by atoms with Crippen molar-refractivity contribution < 1.29 is 29.3 Å². The van der Waals surface area contributed by atoms with Crippen LogP contribution >= 0.6 is 35.0 Å². The summed E-state index contributed by atoms with van der Waals surface area (Å²) in [5.41, 5.74) is 0.533. The number of thioether (sulfide) groups is 1. The normalized spacial score (nSPS) is 15.3. The molecular weight excluding hydrogens is 441 g/mol. The van der Waals surface area contributed by atoms with Crippen LogP contribution in [-0.2, 0) is 11.3 Å². The molecule has 0 saturated carbocycles. The molecule has 29 heavy (non-hydrogen) atoms. The van der Waals surface area contributed by atoms with Gasteiger partial charge >= 0.3 is 5.97 Å². The Balaban J connectivity index is 1.91. The molecule has 10 heteroatoms. The van der Waals surface area contributed by atoms with E-state index < -0.39 is 22.9 Å². The molecule has 1 heterocycles. The summed E-state index contributed by atoms with van der Waals surface area (Å²) >= 11 is 12.6. The standard InChI is InChI=1S/C19H13Cl2NO6S/c1-28-14-6-10(4-11(16(14)23)18(25)26)7-15-17(24)22(19(27)29-15)8-9-2-3-12(20)13(21)5-9/h2-7,23H,8H2,1H3,(H,25,26)/b15-7-. The second-order valence-electron chi connectivity index (χ2n) is 5.94. The van der Waals surface area contributed by atoms with Gasteiger partial charge in [-0.25, -0.2) is 4.79 Å². The van der Waals surface area contributed by atoms with Gasteiger partial charge < -0.3 is 14.9 Å². The monoisotopic (exact) mass is 453 g/mol. The van der Waals surface area contributed by atoms with Crippen LogP contribution in [0.25, 0.3) is 6.08 Å². The van der Waals surface area contributed by atoms with Gasteiger partial charge in [0.15, 0.2) is 11.5 Å². The number of carboxylic acid groups (broad SMARTS) is 1. The molecule has 1 saturated heterocycles. The lowest BCUT2D eigenvalue weighted by Gasteiger charge is -2.13. The maximum absolute atomic E-state index is 12.7. The number of hydrogen-bond acceptors (Lipinski definition) is 6. The Morgan fingerprint density at radius 2 is 1.93 bits per heavy atom. The fraction of sp³-hybridized carbons (Fsp3) is 0.105. The van der Waals surface area contributed by atoms with Crippen molar-refractivity contribution in [2.75, 3.05) is 7.11 Å². The predicted octanol–water partition coefficient (Wildman–Crippen LogP) is 4.64. The first-order valence-electron chi connectivity index (χ1n) is 8.05. The SMILES string of the molecule is COc1cc(/C=C2\SC(=O)N(Cc3ccc(Cl)c(Cl)c3)C2=O)cc(C(=O)O)c1O. The number of rotatable bonds is 5. The van der Waals surface area contributed by atoms with E-state index in [9.17, 15) is 24.6 Å². The zero-order chi connectivity index (χ0) is 21.3. The van der Waals surface area contributed by atoms with Crippen molar-refractivity contribution in [2.24, 2.45) is 0 Å². The van der Waals surface area contributed by atoms with E-state index in [0.717, 1.165) is 16.7 Å². The molecule has 0 atom stereocenters. The minimum Gasteiger partial charge on any atom is -0.504 e. The summed E-state index contributed by atoms with van der Waals surface area (Å²) < 4.78 is 4.97. The van der Waals surface area contributed by atoms with E-state index in [0.29, 0.717) is 15.6 Å². The van der Waals surface area contributed by atoms with Gasteiger partial charge in [-0.2, -0.15) is 0 Å². The molecular formula is C19H13Cl2NO6S. The third-order valence-electron chi connectivity index (χ3n) is 4.04. The van der Waals surface area contributed by atoms with Gasteiger partial charge in [0.1, 0.15) is 5.56 Å². The third-order valence-corrected chi connectivity index (χ3v) is 5.69. The number of hydrogen-bond donors (Lipinski definition) is 2. The topological polar surface area (TPSA) is 104 Å². The molecule has 0 aliphatic carbocycles. The average molecular weight is 454 g/mol. The molecule has 2 aromatic carbocycles. The molecule has 0 bridgehead atoms. The van der Waals surface area contributed by atoms with E-state index >= 15 is 0 Å². The molecule has 7 nitrogen and oxygen atoms in total. The van der Waals surface area contributed by atoms with Gasteiger partial charge in [-0.05, 0) is 53.2 Å². The highest BCUT2D eigenvalue weighted by Gasteiger charge is 2.35. The Morgan fingerprint density at radius 3 is 2.55 bits per heavy atom. The Bertz CT molecular complexity index is 1070. The lowest BCUT2D eigenvalue weighted by atomic mass is 10.1. The van der Waals surface area contributed by atoms with Crippen molar-refractivity contribution in [1.29, 1.82) is 0 Å². The maximum atomic E-state index is 12.7. The number of carbonyl (C=O) groups is 3. The number of phenols is 1. The highest BCUT2D eigenvalue weighted by Crippen LogP contribution is 2.37. The zero-order valence-electron chi connectivity index (χ0n) is 14.8. The number of carboxylic acids is 1. The number of halogens is 2. The van der Waals surface area contributed by atoms with Gasteiger partial charge in [-0.15, -0.1) is 0 Å². The molecule has 1 aliphatic rings. The van der Waals surface area contributed by atoms with E-state index in [1.54, 1.807) is 18.2 Å². The number of methoxy groups -OCH3 is 1. The molecule has 3 rings (SSSR count). The summed E-state index contributed by atoms with van der Waals surface area (Å²) in [5.74, 6) is -2.48. The molecule has 0 radical (unpaired) electrons. The number of imide groups is 1. The van der Waals surface area contributed by atoms with E-state index in [1.807, 2.05) is 0 Å². The number of nitrogens with zero attached hydrogens (tertiary/aromatic N) is 1. The quantitative estimate of drug-likeness (QED) is 0.635. The fourth-order valence-corrected chi connectivity index (χ4v) is 3.80. The summed E-state index contributed by atoms with van der Waals surface area (Å²) in [6.07, 6.45) is 1.37. The van der Waals surface area contributed by atoms with Crippen molar-refractivity contribution in [2.45, 2.75) is 6.54 Å². The van der Waals surface area contributed by atoms with Crippen LogP contribution in [0.5, 0.6) is 11.5 Å². The maximum Gasteiger partial charge on any atom is 0.339 e. The smallest absolute Gasteiger partial charge is 0.339 e. The van der Waals surface area contributed by atoms with E-state index in [4.69, 9.17) is 27.9 Å². The minimum atomic E-state index is -1.36. The molecule has 2 N–H and O–H groups in total. The van der Waals surface area contributed by atoms with E-state index in [2.05, 4.69) is 0 Å². The fourth-order valence-electron chi connectivity index (χ4n) is 2.64. The number of benzene rings is 2. The highest BCUT2D eigenvalue weighted by atomic mass is 35.5. The van der Waals surface area contributed by atoms with Gasteiger partial charge in [0.25, 0.3) is 11.1 Å². The van der Waals surface area contributed by atoms with Crippen molar-refractivity contribution in [3.63, 3.8) is 0 Å². The summed E-state index contributed by atoms with van der Waals surface area (Å²) in [7, 11) is 1.27. The molecule has 1 fully saturated rings. The summed E-state index contributed by atoms with van der Waals surface area (Å²) in [4.78, 5) is 37.4.